The third-order valence-corrected chi connectivity index (χ3v) is 8.84. The maximum Gasteiger partial charge on any atom is 0.323 e. The first-order valence-electron chi connectivity index (χ1n) is 15.6. The number of hydrogen-bond acceptors (Lipinski definition) is 10. The molecule has 1 aromatic heterocycles. The van der Waals surface area contributed by atoms with E-state index in [1.807, 2.05) is 45.0 Å². The summed E-state index contributed by atoms with van der Waals surface area (Å²) in [6.45, 7) is 5.92. The van der Waals surface area contributed by atoms with Gasteiger partial charge >= 0.3 is 6.03 Å². The molecule has 51 heavy (non-hydrogen) atoms. The third-order valence-electron chi connectivity index (χ3n) is 7.56. The van der Waals surface area contributed by atoms with Gasteiger partial charge in [-0.25, -0.2) is 18.2 Å². The van der Waals surface area contributed by atoms with Crippen LogP contribution in [0.25, 0.3) is 10.8 Å². The van der Waals surface area contributed by atoms with Crippen LogP contribution in [0.4, 0.5) is 33.5 Å². The van der Waals surface area contributed by atoms with E-state index < -0.39 is 24.1 Å². The normalized spacial score (nSPS) is 12.1. The fraction of sp³-hybridized carbons (Fsp3) is 0.229. The highest BCUT2D eigenvalue weighted by Crippen LogP contribution is 2.40. The SMILES string of the molecule is COc1cc(Nc2nccc(Oc3ccc(NC(=O)Nc4cc(C(C)(C)C)cc(NS(C)(=O)=O)c4OC)c4ccccc34)n2)ccc1C[PH](=O)O. The molecule has 0 fully saturated rings. The summed E-state index contributed by atoms with van der Waals surface area (Å²) in [6.07, 6.45) is 2.59. The number of methoxy groups -OCH3 is 2. The van der Waals surface area contributed by atoms with Crippen LogP contribution in [0.3, 0.4) is 0 Å². The molecule has 1 heterocycles. The Morgan fingerprint density at radius 2 is 1.59 bits per heavy atom. The number of carbonyl (C=O) groups is 1. The molecule has 0 aliphatic heterocycles. The fourth-order valence-electron chi connectivity index (χ4n) is 5.23. The Morgan fingerprint density at radius 1 is 0.882 bits per heavy atom. The molecule has 0 saturated heterocycles. The molecule has 16 heteroatoms. The first-order valence-corrected chi connectivity index (χ1v) is 19.1. The number of anilines is 5. The molecule has 0 radical (unpaired) electrons. The second-order valence-electron chi connectivity index (χ2n) is 12.5. The maximum absolute atomic E-state index is 13.4. The van der Waals surface area contributed by atoms with Crippen LogP contribution in [0.15, 0.2) is 79.0 Å². The molecule has 0 aliphatic carbocycles. The van der Waals surface area contributed by atoms with E-state index in [0.717, 1.165) is 11.8 Å². The number of fused-ring (bicyclic) bond motifs is 1. The molecule has 0 spiro atoms. The van der Waals surface area contributed by atoms with Gasteiger partial charge in [-0.1, -0.05) is 51.1 Å². The third kappa shape index (κ3) is 9.45. The standard InChI is InChI=1S/C35H39N6O8PS/c1-35(2,3)22-17-27(32(48-5)28(18-22)41-51(6,45)46)39-34(42)38-26-13-14-29(25-10-8-7-9-24(25)26)49-31-15-16-36-33(40-31)37-23-12-11-21(20-50(43)44)30(19-23)47-4/h7-19,41,50H,20H2,1-6H3,(H,43,44)(H,36,37,40)(H2,38,39,42). The van der Waals surface area contributed by atoms with Crippen molar-refractivity contribution in [1.29, 1.82) is 0 Å². The second kappa shape index (κ2) is 15.3. The van der Waals surface area contributed by atoms with E-state index >= 15 is 0 Å². The number of urea groups is 1. The van der Waals surface area contributed by atoms with Crippen molar-refractivity contribution in [2.45, 2.75) is 32.3 Å². The smallest absolute Gasteiger partial charge is 0.323 e. The number of carbonyl (C=O) groups excluding carboxylic acids is 1. The highest BCUT2D eigenvalue weighted by atomic mass is 32.2. The summed E-state index contributed by atoms with van der Waals surface area (Å²) < 4.78 is 55.2. The van der Waals surface area contributed by atoms with Crippen LogP contribution in [0.2, 0.25) is 0 Å². The van der Waals surface area contributed by atoms with E-state index in [4.69, 9.17) is 14.2 Å². The van der Waals surface area contributed by atoms with Crippen molar-refractivity contribution in [2.75, 3.05) is 41.1 Å². The van der Waals surface area contributed by atoms with E-state index in [1.54, 1.807) is 48.5 Å². The molecular formula is C35H39N6O8PS. The molecule has 5 N–H and O–H groups in total. The van der Waals surface area contributed by atoms with Gasteiger partial charge in [0, 0.05) is 40.4 Å². The molecule has 4 aromatic carbocycles. The number of rotatable bonds is 12. The van der Waals surface area contributed by atoms with Crippen LogP contribution in [-0.2, 0) is 26.2 Å². The lowest BCUT2D eigenvalue weighted by Crippen LogP contribution is -2.22. The van der Waals surface area contributed by atoms with Crippen molar-refractivity contribution in [3.63, 3.8) is 0 Å². The number of hydrogen-bond donors (Lipinski definition) is 5. The van der Waals surface area contributed by atoms with Crippen molar-refractivity contribution in [3.8, 4) is 23.1 Å². The van der Waals surface area contributed by atoms with Crippen LogP contribution in [0.1, 0.15) is 31.9 Å². The van der Waals surface area contributed by atoms with E-state index in [-0.39, 0.29) is 40.5 Å². The molecule has 0 aliphatic rings. The Hall–Kier alpha value is -5.37. The molecule has 0 saturated carbocycles. The quantitative estimate of drug-likeness (QED) is 0.0800. The zero-order valence-electron chi connectivity index (χ0n) is 28.8. The monoisotopic (exact) mass is 734 g/mol. The number of amides is 2. The van der Waals surface area contributed by atoms with Gasteiger partial charge in [0.2, 0.25) is 21.9 Å². The maximum atomic E-state index is 13.4. The van der Waals surface area contributed by atoms with Crippen LogP contribution in [-0.4, -0.2) is 49.8 Å². The first kappa shape index (κ1) is 36.9. The minimum Gasteiger partial charge on any atom is -0.496 e. The summed E-state index contributed by atoms with van der Waals surface area (Å²) in [7, 11) is -3.48. The molecule has 5 rings (SSSR count). The largest absolute Gasteiger partial charge is 0.496 e. The van der Waals surface area contributed by atoms with Crippen molar-refractivity contribution >= 4 is 63.6 Å². The Morgan fingerprint density at radius 3 is 2.25 bits per heavy atom. The average molecular weight is 735 g/mol. The molecule has 1 atom stereocenters. The minimum atomic E-state index is -3.64. The number of sulfonamides is 1. The number of nitrogens with one attached hydrogen (secondary N) is 4. The van der Waals surface area contributed by atoms with Gasteiger partial charge in [-0.05, 0) is 41.3 Å². The van der Waals surface area contributed by atoms with Crippen molar-refractivity contribution in [2.24, 2.45) is 0 Å². The van der Waals surface area contributed by atoms with E-state index in [2.05, 4.69) is 30.6 Å². The van der Waals surface area contributed by atoms with Crippen LogP contribution < -0.4 is 34.9 Å². The summed E-state index contributed by atoms with van der Waals surface area (Å²) in [5.41, 5.74) is 2.59. The zero-order valence-corrected chi connectivity index (χ0v) is 30.6. The van der Waals surface area contributed by atoms with Gasteiger partial charge in [-0.15, -0.1) is 0 Å². The topological polar surface area (TPSA) is 190 Å². The molecule has 5 aromatic rings. The van der Waals surface area contributed by atoms with Gasteiger partial charge in [-0.3, -0.25) is 9.29 Å². The predicted octanol–water partition coefficient (Wildman–Crippen LogP) is 7.46. The van der Waals surface area contributed by atoms with Gasteiger partial charge < -0.3 is 35.1 Å². The molecule has 268 valence electrons. The Bertz CT molecular complexity index is 2230. The molecule has 2 amide bonds. The number of nitrogens with zero attached hydrogens (tertiary/aromatic N) is 2. The second-order valence-corrected chi connectivity index (χ2v) is 15.4. The first-order chi connectivity index (χ1) is 24.1. The summed E-state index contributed by atoms with van der Waals surface area (Å²) in [4.78, 5) is 31.5. The van der Waals surface area contributed by atoms with E-state index in [9.17, 15) is 22.7 Å². The predicted molar refractivity (Wildman–Crippen MR) is 200 cm³/mol. The summed E-state index contributed by atoms with van der Waals surface area (Å²) in [5.74, 6) is 1.59. The Kier molecular flexibility index (Phi) is 11.0. The Balaban J connectivity index is 1.37. The van der Waals surface area contributed by atoms with E-state index in [0.29, 0.717) is 39.2 Å². The Labute approximate surface area is 296 Å². The van der Waals surface area contributed by atoms with Crippen molar-refractivity contribution in [3.05, 3.63) is 90.1 Å². The summed E-state index contributed by atoms with van der Waals surface area (Å²) in [5, 5.41) is 10.2. The summed E-state index contributed by atoms with van der Waals surface area (Å²) in [6, 6.07) is 20.4. The fourth-order valence-corrected chi connectivity index (χ4v) is 6.40. The zero-order chi connectivity index (χ0) is 36.9. The van der Waals surface area contributed by atoms with Gasteiger partial charge in [-0.2, -0.15) is 4.98 Å². The lowest BCUT2D eigenvalue weighted by molar-refractivity contribution is 0.262. The van der Waals surface area contributed by atoms with E-state index in [1.165, 1.54) is 20.4 Å². The van der Waals surface area contributed by atoms with Crippen molar-refractivity contribution < 1.29 is 36.9 Å². The van der Waals surface area contributed by atoms with Gasteiger partial charge in [0.15, 0.2) is 13.8 Å². The minimum absolute atomic E-state index is 0.00675. The molecule has 0 bridgehead atoms. The van der Waals surface area contributed by atoms with Gasteiger partial charge in [0.1, 0.15) is 11.5 Å². The number of ether oxygens (including phenoxy) is 3. The van der Waals surface area contributed by atoms with Gasteiger partial charge in [0.25, 0.3) is 0 Å². The molecule has 14 nitrogen and oxygen atoms in total. The summed E-state index contributed by atoms with van der Waals surface area (Å²) >= 11 is 0. The number of aromatic nitrogens is 2. The van der Waals surface area contributed by atoms with Crippen LogP contribution >= 0.6 is 8.03 Å². The van der Waals surface area contributed by atoms with Gasteiger partial charge in [0.05, 0.1) is 43.7 Å². The number of benzene rings is 4. The lowest BCUT2D eigenvalue weighted by Gasteiger charge is -2.24. The highest BCUT2D eigenvalue weighted by Gasteiger charge is 2.22. The van der Waals surface area contributed by atoms with Crippen LogP contribution in [0.5, 0.6) is 23.1 Å². The molecular weight excluding hydrogens is 695 g/mol. The highest BCUT2D eigenvalue weighted by molar-refractivity contribution is 7.92. The molecule has 1 unspecified atom stereocenters. The lowest BCUT2D eigenvalue weighted by atomic mass is 9.86. The van der Waals surface area contributed by atoms with Crippen molar-refractivity contribution in [1.82, 2.24) is 9.97 Å². The average Bonchev–Trinajstić information content (AvgIpc) is 3.05. The van der Waals surface area contributed by atoms with Crippen LogP contribution in [0, 0.1) is 0 Å².